The van der Waals surface area contributed by atoms with Gasteiger partial charge in [0.25, 0.3) is 0 Å². The first-order valence-electron chi connectivity index (χ1n) is 9.90. The summed E-state index contributed by atoms with van der Waals surface area (Å²) < 4.78 is 10.5. The van der Waals surface area contributed by atoms with Gasteiger partial charge in [0.15, 0.2) is 0 Å². The van der Waals surface area contributed by atoms with Gasteiger partial charge in [0, 0.05) is 24.1 Å². The van der Waals surface area contributed by atoms with Gasteiger partial charge in [0.1, 0.15) is 11.5 Å². The Kier molecular flexibility index (Phi) is 6.75. The lowest BCUT2D eigenvalue weighted by molar-refractivity contribution is -0.121. The predicted molar refractivity (Wildman–Crippen MR) is 112 cm³/mol. The van der Waals surface area contributed by atoms with Gasteiger partial charge in [-0.15, -0.1) is 0 Å². The molecule has 0 spiro atoms. The zero-order valence-electron chi connectivity index (χ0n) is 17.2. The van der Waals surface area contributed by atoms with Gasteiger partial charge < -0.3 is 20.1 Å². The molecule has 2 aromatic carbocycles. The van der Waals surface area contributed by atoms with E-state index < -0.39 is 0 Å². The first-order chi connectivity index (χ1) is 14.0. The highest BCUT2D eigenvalue weighted by Gasteiger charge is 2.29. The van der Waals surface area contributed by atoms with Gasteiger partial charge >= 0.3 is 0 Å². The maximum Gasteiger partial charge on any atom is 0.227 e. The fourth-order valence-electron chi connectivity index (χ4n) is 3.11. The second-order valence-corrected chi connectivity index (χ2v) is 7.40. The molecule has 29 heavy (non-hydrogen) atoms. The third kappa shape index (κ3) is 5.98. The van der Waals surface area contributed by atoms with E-state index in [1.807, 2.05) is 49.4 Å². The standard InChI is InChI=1S/C23H28N2O4/c1-15(17-7-9-19(10-8-17)25-23(27)18-5-6-18)24-22(26)11-4-16-12-20(28-2)14-21(13-16)29-3/h7-10,12-15,18H,4-6,11H2,1-3H3,(H,24,26)(H,25,27). The lowest BCUT2D eigenvalue weighted by atomic mass is 10.1. The number of aryl methyl sites for hydroxylation is 1. The van der Waals surface area contributed by atoms with E-state index in [-0.39, 0.29) is 23.8 Å². The number of carbonyl (C=O) groups is 2. The van der Waals surface area contributed by atoms with Crippen molar-refractivity contribution in [3.05, 3.63) is 53.6 Å². The molecule has 1 fully saturated rings. The first kappa shape index (κ1) is 20.7. The number of hydrogen-bond acceptors (Lipinski definition) is 4. The van der Waals surface area contributed by atoms with Crippen LogP contribution in [0.15, 0.2) is 42.5 Å². The Morgan fingerprint density at radius 3 is 2.21 bits per heavy atom. The molecule has 1 atom stereocenters. The van der Waals surface area contributed by atoms with Crippen molar-refractivity contribution in [1.29, 1.82) is 0 Å². The third-order valence-corrected chi connectivity index (χ3v) is 5.06. The van der Waals surface area contributed by atoms with Crippen molar-refractivity contribution < 1.29 is 19.1 Å². The number of methoxy groups -OCH3 is 2. The summed E-state index contributed by atoms with van der Waals surface area (Å²) in [4.78, 5) is 24.2. The van der Waals surface area contributed by atoms with Gasteiger partial charge in [-0.2, -0.15) is 0 Å². The van der Waals surface area contributed by atoms with Gasteiger partial charge in [0.05, 0.1) is 20.3 Å². The summed E-state index contributed by atoms with van der Waals surface area (Å²) in [6.45, 7) is 1.95. The van der Waals surface area contributed by atoms with Gasteiger partial charge in [0.2, 0.25) is 11.8 Å². The van der Waals surface area contributed by atoms with E-state index >= 15 is 0 Å². The normalized spacial score (nSPS) is 14.0. The molecule has 0 bridgehead atoms. The van der Waals surface area contributed by atoms with Crippen molar-refractivity contribution in [2.45, 2.75) is 38.6 Å². The Bertz CT molecular complexity index is 837. The van der Waals surface area contributed by atoms with Crippen LogP contribution in [0.2, 0.25) is 0 Å². The number of nitrogens with one attached hydrogen (secondary N) is 2. The van der Waals surface area contributed by atoms with E-state index in [9.17, 15) is 9.59 Å². The molecule has 0 saturated heterocycles. The number of rotatable bonds is 9. The number of benzene rings is 2. The van der Waals surface area contributed by atoms with E-state index in [2.05, 4.69) is 10.6 Å². The summed E-state index contributed by atoms with van der Waals surface area (Å²) in [5.41, 5.74) is 2.77. The minimum atomic E-state index is -0.115. The predicted octanol–water partition coefficient (Wildman–Crippen LogP) is 3.86. The number of carbonyl (C=O) groups excluding carboxylic acids is 2. The molecular weight excluding hydrogens is 368 g/mol. The average molecular weight is 396 g/mol. The van der Waals surface area contributed by atoms with E-state index in [0.717, 1.165) is 29.7 Å². The molecule has 0 aromatic heterocycles. The smallest absolute Gasteiger partial charge is 0.227 e. The molecule has 3 rings (SSSR count). The molecule has 2 amide bonds. The molecule has 1 unspecified atom stereocenters. The molecule has 6 heteroatoms. The number of anilines is 1. The minimum absolute atomic E-state index is 0.0228. The van der Waals surface area contributed by atoms with Gasteiger partial charge in [-0.25, -0.2) is 0 Å². The monoisotopic (exact) mass is 396 g/mol. The maximum atomic E-state index is 12.4. The molecule has 0 radical (unpaired) electrons. The molecule has 2 aromatic rings. The second kappa shape index (κ2) is 9.45. The highest BCUT2D eigenvalue weighted by molar-refractivity contribution is 5.94. The van der Waals surface area contributed by atoms with Crippen LogP contribution in [0, 0.1) is 5.92 Å². The number of hydrogen-bond donors (Lipinski definition) is 2. The first-order valence-corrected chi connectivity index (χ1v) is 9.90. The average Bonchev–Trinajstić information content (AvgIpc) is 3.58. The molecule has 2 N–H and O–H groups in total. The molecule has 1 aliphatic carbocycles. The van der Waals surface area contributed by atoms with Crippen LogP contribution in [0.1, 0.15) is 43.4 Å². The number of amides is 2. The van der Waals surface area contributed by atoms with Gasteiger partial charge in [-0.05, 0) is 61.6 Å². The van der Waals surface area contributed by atoms with E-state index in [1.165, 1.54) is 0 Å². The Morgan fingerprint density at radius 1 is 1.03 bits per heavy atom. The van der Waals surface area contributed by atoms with E-state index in [0.29, 0.717) is 24.3 Å². The summed E-state index contributed by atoms with van der Waals surface area (Å²) >= 11 is 0. The van der Waals surface area contributed by atoms with Crippen LogP contribution in [0.4, 0.5) is 5.69 Å². The Hall–Kier alpha value is -3.02. The molecule has 0 aliphatic heterocycles. The fraction of sp³-hybridized carbons (Fsp3) is 0.391. The van der Waals surface area contributed by atoms with Crippen molar-refractivity contribution in [2.24, 2.45) is 5.92 Å². The summed E-state index contributed by atoms with van der Waals surface area (Å²) in [6.07, 6.45) is 2.93. The van der Waals surface area contributed by atoms with Crippen molar-refractivity contribution in [1.82, 2.24) is 5.32 Å². The third-order valence-electron chi connectivity index (χ3n) is 5.06. The Labute approximate surface area is 171 Å². The van der Waals surface area contributed by atoms with Gasteiger partial charge in [-0.1, -0.05) is 12.1 Å². The van der Waals surface area contributed by atoms with Crippen LogP contribution in [0.3, 0.4) is 0 Å². The summed E-state index contributed by atoms with van der Waals surface area (Å²) in [5, 5.41) is 5.94. The van der Waals surface area contributed by atoms with E-state index in [1.54, 1.807) is 14.2 Å². The van der Waals surface area contributed by atoms with Crippen LogP contribution in [0.5, 0.6) is 11.5 Å². The highest BCUT2D eigenvalue weighted by atomic mass is 16.5. The van der Waals surface area contributed by atoms with Crippen LogP contribution in [0.25, 0.3) is 0 Å². The minimum Gasteiger partial charge on any atom is -0.497 e. The quantitative estimate of drug-likeness (QED) is 0.675. The molecule has 1 saturated carbocycles. The van der Waals surface area contributed by atoms with Crippen molar-refractivity contribution in [2.75, 3.05) is 19.5 Å². The topological polar surface area (TPSA) is 76.7 Å². The summed E-state index contributed by atoms with van der Waals surface area (Å²) in [7, 11) is 3.21. The lowest BCUT2D eigenvalue weighted by Gasteiger charge is -2.15. The van der Waals surface area contributed by atoms with Crippen molar-refractivity contribution in [3.63, 3.8) is 0 Å². The molecule has 0 heterocycles. The molecule has 154 valence electrons. The highest BCUT2D eigenvalue weighted by Crippen LogP contribution is 2.30. The zero-order chi connectivity index (χ0) is 20.8. The Balaban J connectivity index is 1.50. The zero-order valence-corrected chi connectivity index (χ0v) is 17.2. The largest absolute Gasteiger partial charge is 0.497 e. The SMILES string of the molecule is COc1cc(CCC(=O)NC(C)c2ccc(NC(=O)C3CC3)cc2)cc(OC)c1. The maximum absolute atomic E-state index is 12.4. The molecule has 6 nitrogen and oxygen atoms in total. The summed E-state index contributed by atoms with van der Waals surface area (Å²) in [6, 6.07) is 13.1. The van der Waals surface area contributed by atoms with Crippen molar-refractivity contribution >= 4 is 17.5 Å². The van der Waals surface area contributed by atoms with Crippen LogP contribution >= 0.6 is 0 Å². The molecule has 1 aliphatic rings. The van der Waals surface area contributed by atoms with E-state index in [4.69, 9.17) is 9.47 Å². The van der Waals surface area contributed by atoms with Crippen LogP contribution < -0.4 is 20.1 Å². The van der Waals surface area contributed by atoms with Crippen LogP contribution in [-0.4, -0.2) is 26.0 Å². The molecular formula is C23H28N2O4. The second-order valence-electron chi connectivity index (χ2n) is 7.40. The van der Waals surface area contributed by atoms with Gasteiger partial charge in [-0.3, -0.25) is 9.59 Å². The lowest BCUT2D eigenvalue weighted by Crippen LogP contribution is -2.26. The Morgan fingerprint density at radius 2 is 1.66 bits per heavy atom. The van der Waals surface area contributed by atoms with Crippen LogP contribution in [-0.2, 0) is 16.0 Å². The van der Waals surface area contributed by atoms with Crippen molar-refractivity contribution in [3.8, 4) is 11.5 Å². The fourth-order valence-corrected chi connectivity index (χ4v) is 3.11. The summed E-state index contributed by atoms with van der Waals surface area (Å²) in [5.74, 6) is 1.67. The number of ether oxygens (including phenoxy) is 2.